The molecule has 3 rings (SSSR count). The molecule has 1 N–H and O–H groups in total. The zero-order chi connectivity index (χ0) is 15.7. The molecule has 0 fully saturated rings. The van der Waals surface area contributed by atoms with Gasteiger partial charge in [-0.3, -0.25) is 4.79 Å². The number of ether oxygens (including phenoxy) is 1. The van der Waals surface area contributed by atoms with Crippen LogP contribution in [0.25, 0.3) is 22.2 Å². The lowest BCUT2D eigenvalue weighted by Crippen LogP contribution is -1.95. The highest BCUT2D eigenvalue weighted by Crippen LogP contribution is 2.38. The average Bonchev–Trinajstić information content (AvgIpc) is 2.86. The fourth-order valence-electron chi connectivity index (χ4n) is 2.56. The van der Waals surface area contributed by atoms with E-state index in [0.717, 1.165) is 17.4 Å². The Hall–Kier alpha value is -1.97. The van der Waals surface area contributed by atoms with Crippen LogP contribution in [-0.4, -0.2) is 17.9 Å². The first-order chi connectivity index (χ1) is 10.7. The monoisotopic (exact) mass is 333 g/mol. The second-order valence-corrected chi connectivity index (χ2v) is 5.61. The Balaban J connectivity index is 2.32. The predicted octanol–water partition coefficient (Wildman–Crippen LogP) is 5.35. The van der Waals surface area contributed by atoms with Crippen molar-refractivity contribution in [2.75, 3.05) is 6.61 Å². The number of carbonyl (C=O) groups excluding carboxylic acids is 1. The van der Waals surface area contributed by atoms with Crippen LogP contribution in [0.1, 0.15) is 17.3 Å². The van der Waals surface area contributed by atoms with Crippen molar-refractivity contribution >= 4 is 40.4 Å². The smallest absolute Gasteiger partial charge is 0.152 e. The van der Waals surface area contributed by atoms with Crippen molar-refractivity contribution in [1.82, 2.24) is 4.98 Å². The number of fused-ring (bicyclic) bond motifs is 1. The van der Waals surface area contributed by atoms with Gasteiger partial charge in [0.2, 0.25) is 0 Å². The number of aromatic nitrogens is 1. The maximum Gasteiger partial charge on any atom is 0.152 e. The van der Waals surface area contributed by atoms with E-state index in [9.17, 15) is 4.79 Å². The van der Waals surface area contributed by atoms with Crippen LogP contribution in [0.15, 0.2) is 36.4 Å². The van der Waals surface area contributed by atoms with E-state index in [1.54, 1.807) is 12.1 Å². The summed E-state index contributed by atoms with van der Waals surface area (Å²) in [7, 11) is 0. The summed E-state index contributed by atoms with van der Waals surface area (Å²) >= 11 is 12.3. The van der Waals surface area contributed by atoms with Gasteiger partial charge in [-0.25, -0.2) is 0 Å². The molecule has 0 radical (unpaired) electrons. The molecule has 0 saturated heterocycles. The predicted molar refractivity (Wildman–Crippen MR) is 90.3 cm³/mol. The van der Waals surface area contributed by atoms with Crippen molar-refractivity contribution in [2.45, 2.75) is 6.92 Å². The Morgan fingerprint density at radius 1 is 1.23 bits per heavy atom. The summed E-state index contributed by atoms with van der Waals surface area (Å²) in [5.74, 6) is 0.710. The van der Waals surface area contributed by atoms with Crippen LogP contribution in [0.4, 0.5) is 0 Å². The molecule has 5 heteroatoms. The van der Waals surface area contributed by atoms with E-state index in [1.807, 2.05) is 31.2 Å². The van der Waals surface area contributed by atoms with Gasteiger partial charge < -0.3 is 9.72 Å². The second-order valence-electron chi connectivity index (χ2n) is 4.77. The SMILES string of the molecule is CCOc1ccccc1-c1[nH]c2cc(Cl)cc(Cl)c2c1C=O. The molecule has 0 spiro atoms. The van der Waals surface area contributed by atoms with Crippen LogP contribution in [0, 0.1) is 0 Å². The van der Waals surface area contributed by atoms with Crippen LogP contribution in [0.2, 0.25) is 10.0 Å². The highest BCUT2D eigenvalue weighted by molar-refractivity contribution is 6.39. The minimum absolute atomic E-state index is 0.445. The number of rotatable bonds is 4. The summed E-state index contributed by atoms with van der Waals surface area (Å²) in [5.41, 5.74) is 2.72. The Labute approximate surface area is 137 Å². The topological polar surface area (TPSA) is 42.1 Å². The lowest BCUT2D eigenvalue weighted by atomic mass is 10.1. The largest absolute Gasteiger partial charge is 0.493 e. The van der Waals surface area contributed by atoms with Crippen LogP contribution in [-0.2, 0) is 0 Å². The standard InChI is InChI=1S/C17H13Cl2NO2/c1-2-22-15-6-4-3-5-11(15)17-12(9-21)16-13(19)7-10(18)8-14(16)20-17/h3-9,20H,2H2,1H3. The molecule has 112 valence electrons. The molecule has 3 aromatic rings. The molecule has 1 heterocycles. The third-order valence-electron chi connectivity index (χ3n) is 3.43. The normalized spacial score (nSPS) is 10.9. The highest BCUT2D eigenvalue weighted by Gasteiger charge is 2.18. The Morgan fingerprint density at radius 3 is 2.73 bits per heavy atom. The number of hydrogen-bond donors (Lipinski definition) is 1. The zero-order valence-electron chi connectivity index (χ0n) is 11.8. The summed E-state index contributed by atoms with van der Waals surface area (Å²) in [6.07, 6.45) is 0.802. The first-order valence-electron chi connectivity index (χ1n) is 6.83. The first kappa shape index (κ1) is 14.9. The molecule has 0 saturated carbocycles. The van der Waals surface area contributed by atoms with Crippen LogP contribution >= 0.6 is 23.2 Å². The lowest BCUT2D eigenvalue weighted by molar-refractivity contribution is 0.112. The van der Waals surface area contributed by atoms with Crippen LogP contribution in [0.5, 0.6) is 5.75 Å². The summed E-state index contributed by atoms with van der Waals surface area (Å²) in [6.45, 7) is 2.46. The van der Waals surface area contributed by atoms with Gasteiger partial charge in [-0.05, 0) is 31.2 Å². The Kier molecular flexibility index (Phi) is 4.10. The molecule has 0 atom stereocenters. The molecular formula is C17H13Cl2NO2. The number of H-pyrrole nitrogens is 1. The summed E-state index contributed by atoms with van der Waals surface area (Å²) in [6, 6.07) is 10.9. The maximum atomic E-state index is 11.6. The van der Waals surface area contributed by atoms with Gasteiger partial charge in [0.15, 0.2) is 6.29 Å². The fraction of sp³-hybridized carbons (Fsp3) is 0.118. The molecule has 0 bridgehead atoms. The Morgan fingerprint density at radius 2 is 2.00 bits per heavy atom. The van der Waals surface area contributed by atoms with E-state index in [-0.39, 0.29) is 0 Å². The van der Waals surface area contributed by atoms with Crippen molar-refractivity contribution in [3.05, 3.63) is 52.0 Å². The number of hydrogen-bond acceptors (Lipinski definition) is 2. The van der Waals surface area contributed by atoms with E-state index in [1.165, 1.54) is 0 Å². The van der Waals surface area contributed by atoms with Crippen molar-refractivity contribution in [2.24, 2.45) is 0 Å². The van der Waals surface area contributed by atoms with Crippen molar-refractivity contribution in [3.8, 4) is 17.0 Å². The summed E-state index contributed by atoms with van der Waals surface area (Å²) in [5, 5.41) is 1.63. The molecule has 3 nitrogen and oxygen atoms in total. The minimum Gasteiger partial charge on any atom is -0.493 e. The average molecular weight is 334 g/mol. The minimum atomic E-state index is 0.445. The first-order valence-corrected chi connectivity index (χ1v) is 7.59. The number of benzene rings is 2. The van der Waals surface area contributed by atoms with Gasteiger partial charge in [0.05, 0.1) is 17.3 Å². The van der Waals surface area contributed by atoms with Gasteiger partial charge in [-0.15, -0.1) is 0 Å². The number of nitrogens with one attached hydrogen (secondary N) is 1. The molecule has 0 aliphatic rings. The van der Waals surface area contributed by atoms with E-state index >= 15 is 0 Å². The molecule has 22 heavy (non-hydrogen) atoms. The van der Waals surface area contributed by atoms with E-state index in [4.69, 9.17) is 27.9 Å². The van der Waals surface area contributed by atoms with Crippen LogP contribution < -0.4 is 4.74 Å². The Bertz CT molecular complexity index is 855. The summed E-state index contributed by atoms with van der Waals surface area (Å²) < 4.78 is 5.65. The van der Waals surface area contributed by atoms with E-state index < -0.39 is 0 Å². The second kappa shape index (κ2) is 6.03. The number of halogens is 2. The van der Waals surface area contributed by atoms with Gasteiger partial charge in [0, 0.05) is 27.1 Å². The molecular weight excluding hydrogens is 321 g/mol. The number of aromatic amines is 1. The van der Waals surface area contributed by atoms with Gasteiger partial charge in [0.1, 0.15) is 5.75 Å². The lowest BCUT2D eigenvalue weighted by Gasteiger charge is -2.09. The van der Waals surface area contributed by atoms with Crippen molar-refractivity contribution in [3.63, 3.8) is 0 Å². The number of para-hydroxylation sites is 1. The van der Waals surface area contributed by atoms with Crippen LogP contribution in [0.3, 0.4) is 0 Å². The number of carbonyl (C=O) groups is 1. The quantitative estimate of drug-likeness (QED) is 0.653. The van der Waals surface area contributed by atoms with Gasteiger partial charge in [0.25, 0.3) is 0 Å². The molecule has 1 aromatic heterocycles. The van der Waals surface area contributed by atoms with Crippen molar-refractivity contribution < 1.29 is 9.53 Å². The van der Waals surface area contributed by atoms with E-state index in [2.05, 4.69) is 4.98 Å². The summed E-state index contributed by atoms with van der Waals surface area (Å²) in [4.78, 5) is 14.9. The molecule has 0 amide bonds. The van der Waals surface area contributed by atoms with Crippen molar-refractivity contribution in [1.29, 1.82) is 0 Å². The molecule has 0 aliphatic heterocycles. The maximum absolute atomic E-state index is 11.6. The molecule has 2 aromatic carbocycles. The molecule has 0 unspecified atom stereocenters. The third-order valence-corrected chi connectivity index (χ3v) is 3.94. The third kappa shape index (κ3) is 2.47. The van der Waals surface area contributed by atoms with Gasteiger partial charge in [-0.1, -0.05) is 35.3 Å². The van der Waals surface area contributed by atoms with Gasteiger partial charge in [-0.2, -0.15) is 0 Å². The fourth-order valence-corrected chi connectivity index (χ4v) is 3.15. The molecule has 0 aliphatic carbocycles. The number of aldehydes is 1. The van der Waals surface area contributed by atoms with Gasteiger partial charge >= 0.3 is 0 Å². The highest BCUT2D eigenvalue weighted by atomic mass is 35.5. The van der Waals surface area contributed by atoms with E-state index in [0.29, 0.717) is 39.0 Å². The zero-order valence-corrected chi connectivity index (χ0v) is 13.3.